The Morgan fingerprint density at radius 3 is 2.20 bits per heavy atom. The number of rotatable bonds is 3. The first-order valence-corrected chi connectivity index (χ1v) is 7.30. The van der Waals surface area contributed by atoms with E-state index in [1.165, 1.54) is 25.7 Å². The van der Waals surface area contributed by atoms with Gasteiger partial charge in [0, 0.05) is 31.1 Å². The second-order valence-corrected chi connectivity index (χ2v) is 5.47. The van der Waals surface area contributed by atoms with Crippen LogP contribution in [0.5, 0.6) is 0 Å². The summed E-state index contributed by atoms with van der Waals surface area (Å²) in [5.74, 6) is -0.132. The summed E-state index contributed by atoms with van der Waals surface area (Å²) >= 11 is 0. The van der Waals surface area contributed by atoms with Crippen LogP contribution in [0.4, 0.5) is 5.69 Å². The van der Waals surface area contributed by atoms with Gasteiger partial charge >= 0.3 is 0 Å². The lowest BCUT2D eigenvalue weighted by atomic mass is 10.2. The summed E-state index contributed by atoms with van der Waals surface area (Å²) < 4.78 is 0. The highest BCUT2D eigenvalue weighted by atomic mass is 16.2. The van der Waals surface area contributed by atoms with Crippen molar-refractivity contribution in [3.63, 3.8) is 0 Å². The molecule has 0 saturated heterocycles. The topological polar surface area (TPSA) is 44.7 Å². The summed E-state index contributed by atoms with van der Waals surface area (Å²) in [6.07, 6.45) is 6.95. The van der Waals surface area contributed by atoms with Crippen LogP contribution in [0.25, 0.3) is 0 Å². The monoisotopic (exact) mass is 273 g/mol. The number of anilines is 1. The zero-order chi connectivity index (χ0) is 14.4. The van der Waals surface area contributed by atoms with Crippen molar-refractivity contribution in [2.45, 2.75) is 38.5 Å². The second-order valence-electron chi connectivity index (χ2n) is 5.47. The molecule has 0 atom stereocenters. The average Bonchev–Trinajstić information content (AvgIpc) is 2.73. The van der Waals surface area contributed by atoms with Gasteiger partial charge in [0.25, 0.3) is 5.91 Å². The molecule has 0 unspecified atom stereocenters. The van der Waals surface area contributed by atoms with Crippen LogP contribution in [-0.4, -0.2) is 25.7 Å². The van der Waals surface area contributed by atoms with Crippen LogP contribution < -0.4 is 10.3 Å². The predicted molar refractivity (Wildman–Crippen MR) is 83.4 cm³/mol. The third-order valence-electron chi connectivity index (χ3n) is 3.64. The highest BCUT2D eigenvalue weighted by molar-refractivity contribution is 5.95. The SMILES string of the molecule is CN(C)c1ccc(C(=O)NN=C2CCCCCC2)cc1. The Kier molecular flexibility index (Phi) is 5.16. The summed E-state index contributed by atoms with van der Waals surface area (Å²) in [5.41, 5.74) is 5.53. The molecule has 1 aliphatic rings. The van der Waals surface area contributed by atoms with E-state index in [-0.39, 0.29) is 5.91 Å². The molecule has 1 amide bonds. The minimum atomic E-state index is -0.132. The minimum absolute atomic E-state index is 0.132. The van der Waals surface area contributed by atoms with E-state index in [4.69, 9.17) is 0 Å². The van der Waals surface area contributed by atoms with Crippen LogP contribution in [0.2, 0.25) is 0 Å². The summed E-state index contributed by atoms with van der Waals surface area (Å²) in [5, 5.41) is 4.28. The highest BCUT2D eigenvalue weighted by Crippen LogP contribution is 2.15. The number of nitrogens with zero attached hydrogens (tertiary/aromatic N) is 2. The lowest BCUT2D eigenvalue weighted by Gasteiger charge is -2.12. The van der Waals surface area contributed by atoms with Crippen molar-refractivity contribution in [3.8, 4) is 0 Å². The maximum atomic E-state index is 12.0. The minimum Gasteiger partial charge on any atom is -0.378 e. The van der Waals surface area contributed by atoms with Crippen LogP contribution in [-0.2, 0) is 0 Å². The van der Waals surface area contributed by atoms with Crippen molar-refractivity contribution >= 4 is 17.3 Å². The molecule has 0 radical (unpaired) electrons. The molecule has 1 saturated carbocycles. The Morgan fingerprint density at radius 2 is 1.65 bits per heavy atom. The molecule has 1 aromatic carbocycles. The van der Waals surface area contributed by atoms with E-state index < -0.39 is 0 Å². The molecular formula is C16H23N3O. The normalized spacial score (nSPS) is 15.4. The van der Waals surface area contributed by atoms with E-state index in [1.54, 1.807) is 0 Å². The fraction of sp³-hybridized carbons (Fsp3) is 0.500. The molecule has 1 N–H and O–H groups in total. The Hall–Kier alpha value is -1.84. The van der Waals surface area contributed by atoms with E-state index in [2.05, 4.69) is 10.5 Å². The molecule has 0 aliphatic heterocycles. The zero-order valence-corrected chi connectivity index (χ0v) is 12.4. The van der Waals surface area contributed by atoms with Gasteiger partial charge in [-0.15, -0.1) is 0 Å². The number of nitrogens with one attached hydrogen (secondary N) is 1. The molecule has 0 spiro atoms. The zero-order valence-electron chi connectivity index (χ0n) is 12.4. The number of hydrogen-bond acceptors (Lipinski definition) is 3. The van der Waals surface area contributed by atoms with Crippen molar-refractivity contribution in [2.24, 2.45) is 5.10 Å². The summed E-state index contributed by atoms with van der Waals surface area (Å²) in [7, 11) is 3.96. The van der Waals surface area contributed by atoms with Crippen LogP contribution in [0.1, 0.15) is 48.9 Å². The number of hydrazone groups is 1. The van der Waals surface area contributed by atoms with Gasteiger partial charge in [0.05, 0.1) is 0 Å². The van der Waals surface area contributed by atoms with Crippen LogP contribution in [0, 0.1) is 0 Å². The molecule has 20 heavy (non-hydrogen) atoms. The van der Waals surface area contributed by atoms with Gasteiger partial charge < -0.3 is 4.90 Å². The van der Waals surface area contributed by atoms with Gasteiger partial charge in [0.1, 0.15) is 0 Å². The van der Waals surface area contributed by atoms with Crippen molar-refractivity contribution in [1.29, 1.82) is 0 Å². The van der Waals surface area contributed by atoms with Crippen LogP contribution >= 0.6 is 0 Å². The maximum absolute atomic E-state index is 12.0. The number of carbonyl (C=O) groups is 1. The molecule has 2 rings (SSSR count). The van der Waals surface area contributed by atoms with Crippen molar-refractivity contribution < 1.29 is 4.79 Å². The van der Waals surface area contributed by atoms with Gasteiger partial charge in [0.15, 0.2) is 0 Å². The molecule has 108 valence electrons. The third kappa shape index (κ3) is 4.08. The Labute approximate surface area is 120 Å². The fourth-order valence-electron chi connectivity index (χ4n) is 2.35. The summed E-state index contributed by atoms with van der Waals surface area (Å²) in [4.78, 5) is 14.0. The summed E-state index contributed by atoms with van der Waals surface area (Å²) in [6, 6.07) is 7.54. The van der Waals surface area contributed by atoms with Gasteiger partial charge in [-0.3, -0.25) is 4.79 Å². The lowest BCUT2D eigenvalue weighted by molar-refractivity contribution is 0.0954. The molecule has 4 heteroatoms. The van der Waals surface area contributed by atoms with Crippen LogP contribution in [0.3, 0.4) is 0 Å². The van der Waals surface area contributed by atoms with Gasteiger partial charge in [-0.2, -0.15) is 5.10 Å². The molecule has 0 bridgehead atoms. The number of amides is 1. The number of carbonyl (C=O) groups excluding carboxylic acids is 1. The molecule has 1 aliphatic carbocycles. The Bertz CT molecular complexity index is 467. The first-order valence-electron chi connectivity index (χ1n) is 7.30. The van der Waals surface area contributed by atoms with E-state index in [0.29, 0.717) is 5.56 Å². The second kappa shape index (κ2) is 7.08. The number of benzene rings is 1. The van der Waals surface area contributed by atoms with Crippen molar-refractivity contribution in [2.75, 3.05) is 19.0 Å². The maximum Gasteiger partial charge on any atom is 0.271 e. The lowest BCUT2D eigenvalue weighted by Crippen LogP contribution is -2.19. The quantitative estimate of drug-likeness (QED) is 0.679. The standard InChI is InChI=1S/C16H23N3O/c1-19(2)15-11-9-13(10-12-15)16(20)18-17-14-7-5-3-4-6-8-14/h9-12H,3-8H2,1-2H3,(H,18,20). The van der Waals surface area contributed by atoms with E-state index in [0.717, 1.165) is 24.2 Å². The predicted octanol–water partition coefficient (Wildman–Crippen LogP) is 3.19. The van der Waals surface area contributed by atoms with Gasteiger partial charge in [-0.1, -0.05) is 12.8 Å². The van der Waals surface area contributed by atoms with Crippen molar-refractivity contribution in [3.05, 3.63) is 29.8 Å². The van der Waals surface area contributed by atoms with Crippen molar-refractivity contribution in [1.82, 2.24) is 5.43 Å². The molecule has 1 fully saturated rings. The number of hydrogen-bond donors (Lipinski definition) is 1. The molecular weight excluding hydrogens is 250 g/mol. The average molecular weight is 273 g/mol. The fourth-order valence-corrected chi connectivity index (χ4v) is 2.35. The van der Waals surface area contributed by atoms with E-state index in [1.807, 2.05) is 43.3 Å². The largest absolute Gasteiger partial charge is 0.378 e. The van der Waals surface area contributed by atoms with E-state index >= 15 is 0 Å². The first-order chi connectivity index (χ1) is 9.66. The molecule has 0 aromatic heterocycles. The third-order valence-corrected chi connectivity index (χ3v) is 3.64. The van der Waals surface area contributed by atoms with E-state index in [9.17, 15) is 4.79 Å². The molecule has 0 heterocycles. The summed E-state index contributed by atoms with van der Waals surface area (Å²) in [6.45, 7) is 0. The van der Waals surface area contributed by atoms with Crippen LogP contribution in [0.15, 0.2) is 29.4 Å². The first kappa shape index (κ1) is 14.6. The van der Waals surface area contributed by atoms with Gasteiger partial charge in [-0.05, 0) is 49.9 Å². The smallest absolute Gasteiger partial charge is 0.271 e. The van der Waals surface area contributed by atoms with Gasteiger partial charge in [-0.25, -0.2) is 5.43 Å². The Balaban J connectivity index is 1.95. The highest BCUT2D eigenvalue weighted by Gasteiger charge is 2.08. The van der Waals surface area contributed by atoms with Gasteiger partial charge in [0.2, 0.25) is 0 Å². The molecule has 1 aromatic rings. The molecule has 4 nitrogen and oxygen atoms in total. The Morgan fingerprint density at radius 1 is 1.05 bits per heavy atom.